The predicted octanol–water partition coefficient (Wildman–Crippen LogP) is -0.0504. The second kappa shape index (κ2) is 24.6. The number of hydrogen-bond acceptors (Lipinski definition) is 2. The molecule has 0 saturated carbocycles. The minimum absolute atomic E-state index is 1.37. The van der Waals surface area contributed by atoms with E-state index in [1.165, 1.54) is 17.8 Å². The highest BCUT2D eigenvalue weighted by Crippen LogP contribution is 1.41. The van der Waals surface area contributed by atoms with E-state index < -0.39 is 0 Å². The molecule has 126 valence electrons. The van der Waals surface area contributed by atoms with E-state index in [1.807, 2.05) is 0 Å². The van der Waals surface area contributed by atoms with Crippen LogP contribution in [0, 0.1) is 0 Å². The van der Waals surface area contributed by atoms with E-state index in [9.17, 15) is 0 Å². The Balaban J connectivity index is 5.80. The summed E-state index contributed by atoms with van der Waals surface area (Å²) in [5.41, 5.74) is 0. The van der Waals surface area contributed by atoms with Crippen molar-refractivity contribution in [3.8, 4) is 0 Å². The summed E-state index contributed by atoms with van der Waals surface area (Å²) in [6.45, 7) is 0. The molecule has 0 heterocycles. The van der Waals surface area contributed by atoms with Gasteiger partial charge in [-0.05, 0) is 0 Å². The van der Waals surface area contributed by atoms with Crippen molar-refractivity contribution in [3.63, 3.8) is 0 Å². The van der Waals surface area contributed by atoms with Gasteiger partial charge in [0.15, 0.2) is 0 Å². The van der Waals surface area contributed by atoms with E-state index in [1.54, 1.807) is 151 Å². The summed E-state index contributed by atoms with van der Waals surface area (Å²) in [7, 11) is 32.6. The molecular weight excluding hydrogens is 673 g/mol. The Labute approximate surface area is 186 Å². The number of hydrogen-bond donors (Lipinski definition) is 0. The molecule has 0 rings (SSSR count). The van der Waals surface area contributed by atoms with Crippen LogP contribution >= 0.6 is 0 Å². The molecule has 0 N–H and O–H groups in total. The van der Waals surface area contributed by atoms with E-state index in [-0.39, 0.29) is 0 Å². The van der Waals surface area contributed by atoms with E-state index in [0.29, 0.717) is 0 Å². The average molecular weight is 673 g/mol. The maximum absolute atomic E-state index is 4.76. The highest BCUT2D eigenvalue weighted by Gasteiger charge is 1.41. The van der Waals surface area contributed by atoms with E-state index >= 15 is 0 Å². The second-order valence-electron chi connectivity index (χ2n) is 1.29. The Morgan fingerprint density at radius 1 is 0.238 bits per heavy atom. The van der Waals surface area contributed by atoms with Crippen molar-refractivity contribution in [1.82, 2.24) is 0 Å². The molecule has 0 atom stereocenters. The molecule has 0 aliphatic rings. The Morgan fingerprint density at radius 2 is 0.381 bits per heavy atom. The van der Waals surface area contributed by atoms with Gasteiger partial charge in [0.2, 0.25) is 0 Å². The molecule has 0 radical (unpaired) electrons. The van der Waals surface area contributed by atoms with E-state index in [2.05, 4.69) is 0 Å². The van der Waals surface area contributed by atoms with Crippen LogP contribution in [0.15, 0.2) is 0 Å². The minimum Gasteiger partial charge on any atom is 0 e. The van der Waals surface area contributed by atoms with Crippen LogP contribution in [-0.4, -0.2) is 0 Å². The van der Waals surface area contributed by atoms with E-state index in [4.69, 9.17) is 22.4 Å². The number of rotatable bonds is 0. The highest BCUT2D eigenvalue weighted by atomic mass is 33.5. The fourth-order valence-electron chi connectivity index (χ4n) is 0.193. The van der Waals surface area contributed by atoms with Crippen LogP contribution in [0.3, 0.4) is 0 Å². The third-order valence-corrected chi connectivity index (χ3v) is 40.5. The van der Waals surface area contributed by atoms with Crippen molar-refractivity contribution in [2.45, 2.75) is 0 Å². The fraction of sp³-hybridized carbons (Fsp3) is 0. The van der Waals surface area contributed by atoms with Gasteiger partial charge in [-0.25, -0.2) is 0 Å². The van der Waals surface area contributed by atoms with Crippen LogP contribution in [0.2, 0.25) is 0 Å². The predicted molar refractivity (Wildman–Crippen MR) is 155 cm³/mol. The summed E-state index contributed by atoms with van der Waals surface area (Å²) < 4.78 is 0. The van der Waals surface area contributed by atoms with Crippen molar-refractivity contribution in [2.75, 3.05) is 0 Å². The van der Waals surface area contributed by atoms with E-state index in [0.717, 1.165) is 0 Å². The molecule has 0 aromatic heterocycles. The van der Waals surface area contributed by atoms with Gasteiger partial charge < -0.3 is 0 Å². The van der Waals surface area contributed by atoms with Crippen molar-refractivity contribution in [2.24, 2.45) is 0 Å². The average Bonchev–Trinajstić information content (AvgIpc) is 2.50. The molecule has 0 aliphatic heterocycles. The minimum atomic E-state index is 1.37. The van der Waals surface area contributed by atoms with Gasteiger partial charge in [-0.3, -0.25) is 0 Å². The van der Waals surface area contributed by atoms with Crippen LogP contribution in [-0.2, 0) is 191 Å². The van der Waals surface area contributed by atoms with Crippen LogP contribution in [0.25, 0.3) is 0 Å². The van der Waals surface area contributed by atoms with Crippen molar-refractivity contribution in [3.05, 3.63) is 0 Å². The Hall–Kier alpha value is 4.62. The topological polar surface area (TPSA) is 0 Å². The van der Waals surface area contributed by atoms with Gasteiger partial charge in [0.05, 0.1) is 0 Å². The fourth-order valence-corrected chi connectivity index (χ4v) is 46.8. The van der Waals surface area contributed by atoms with Crippen molar-refractivity contribution < 1.29 is 0 Å². The molecule has 0 aromatic carbocycles. The summed E-state index contributed by atoms with van der Waals surface area (Å²) in [4.78, 5) is 0. The maximum Gasteiger partial charge on any atom is 0 e. The maximum atomic E-state index is 4.76. The Kier molecular flexibility index (Phi) is 30.0. The summed E-state index contributed by atoms with van der Waals surface area (Å²) in [5, 5.41) is 0. The molecule has 0 spiro atoms. The van der Waals surface area contributed by atoms with Crippen molar-refractivity contribution >= 4 is 191 Å². The molecule has 0 nitrogen and oxygen atoms in total. The largest absolute Gasteiger partial charge is 0 e. The van der Waals surface area contributed by atoms with Crippen LogP contribution in [0.5, 0.6) is 0 Å². The van der Waals surface area contributed by atoms with Crippen molar-refractivity contribution in [1.29, 1.82) is 0 Å². The molecule has 0 amide bonds. The normalized spacial score (nSPS) is 7.43. The Morgan fingerprint density at radius 3 is 0.524 bits per heavy atom. The first-order chi connectivity index (χ1) is 10.4. The van der Waals surface area contributed by atoms with Gasteiger partial charge in [-0.2, -0.15) is 0 Å². The third kappa shape index (κ3) is 24.6. The summed E-state index contributed by atoms with van der Waals surface area (Å²) >= 11 is 9.52. The molecule has 0 aliphatic carbocycles. The van der Waals surface area contributed by atoms with Gasteiger partial charge >= 0.3 is 0 Å². The highest BCUT2D eigenvalue weighted by molar-refractivity contribution is 8.78. The van der Waals surface area contributed by atoms with Gasteiger partial charge in [0, 0.05) is 191 Å². The van der Waals surface area contributed by atoms with Gasteiger partial charge in [-0.15, -0.1) is 0 Å². The standard InChI is InChI=1S/S21/c1-3-5-7-9-11-13-15-17-19-21-20-18-16-14-12-10-8-6-4-2. The zero-order chi connectivity index (χ0) is 15.4. The molecule has 0 saturated heterocycles. The first-order valence-electron chi connectivity index (χ1n) is 3.33. The third-order valence-electron chi connectivity index (χ3n) is 0.500. The molecule has 21 heavy (non-hydrogen) atoms. The molecule has 0 fully saturated rings. The van der Waals surface area contributed by atoms with Gasteiger partial charge in [-0.1, -0.05) is 0 Å². The smallest absolute Gasteiger partial charge is 0 e. The molecule has 0 bridgehead atoms. The molecule has 0 unspecified atom stereocenters. The van der Waals surface area contributed by atoms with Crippen LogP contribution in [0.1, 0.15) is 0 Å². The van der Waals surface area contributed by atoms with Gasteiger partial charge in [0.25, 0.3) is 0 Å². The summed E-state index contributed by atoms with van der Waals surface area (Å²) in [6, 6.07) is 0. The summed E-state index contributed by atoms with van der Waals surface area (Å²) in [6.07, 6.45) is 0. The molecule has 0 aromatic rings. The van der Waals surface area contributed by atoms with Gasteiger partial charge in [0.1, 0.15) is 0 Å². The lowest BCUT2D eigenvalue weighted by molar-refractivity contribution is 5.97. The zero-order valence-corrected chi connectivity index (χ0v) is 25.7. The lowest BCUT2D eigenvalue weighted by atomic mass is 30.7. The first kappa shape index (κ1) is 25.6. The quantitative estimate of drug-likeness (QED) is 0.354. The Bertz CT molecular complexity index is 1020. The molecular formula is S21. The monoisotopic (exact) mass is 671 g/mol. The first-order valence-corrected chi connectivity index (χ1v) is 30.0. The zero-order valence-electron chi connectivity index (χ0n) is 8.57. The lowest BCUT2D eigenvalue weighted by Gasteiger charge is -1.40. The van der Waals surface area contributed by atoms with Crippen LogP contribution in [0.4, 0.5) is 0 Å². The molecule has 21 heteroatoms. The SMILES string of the molecule is S=S=S=S=S=S=S=S=S=S=S=S=S=S=S=S=S=S=S=S=S. The second-order valence-corrected chi connectivity index (χ2v) is 34.9. The lowest BCUT2D eigenvalue weighted by Crippen LogP contribution is -1.40. The van der Waals surface area contributed by atoms with Crippen LogP contribution < -0.4 is 0 Å². The summed E-state index contributed by atoms with van der Waals surface area (Å²) in [5.74, 6) is 0.